The number of anilines is 1. The number of halogens is 3. The fraction of sp³-hybridized carbons (Fsp3) is 0.235. The zero-order valence-electron chi connectivity index (χ0n) is 24.4. The zero-order valence-corrected chi connectivity index (χ0v) is 24.4. The maximum Gasteiger partial charge on any atom is 0.573 e. The molecule has 224 valence electrons. The highest BCUT2D eigenvalue weighted by Gasteiger charge is 2.59. The number of rotatable bonds is 6. The smallest absolute Gasteiger partial charge is 0.406 e. The largest absolute Gasteiger partial charge is 0.573 e. The number of hydrogen-bond donors (Lipinski definition) is 1. The van der Waals surface area contributed by atoms with Crippen molar-refractivity contribution in [3.05, 3.63) is 107 Å². The molecule has 6 rings (SSSR count). The lowest BCUT2D eigenvalue weighted by molar-refractivity contribution is -0.274. The van der Waals surface area contributed by atoms with Crippen molar-refractivity contribution >= 4 is 39.4 Å². The molecule has 5 aromatic rings. The van der Waals surface area contributed by atoms with Crippen LogP contribution in [0.25, 0.3) is 21.8 Å². The molecule has 0 bridgehead atoms. The number of fused-ring (bicyclic) bond motifs is 2. The fourth-order valence-corrected chi connectivity index (χ4v) is 6.37. The predicted octanol–water partition coefficient (Wildman–Crippen LogP) is 7.70. The summed E-state index contributed by atoms with van der Waals surface area (Å²) in [5.41, 5.74) is 3.81. The van der Waals surface area contributed by atoms with Crippen LogP contribution in [0.1, 0.15) is 47.9 Å². The van der Waals surface area contributed by atoms with Crippen LogP contribution in [-0.2, 0) is 4.79 Å². The van der Waals surface area contributed by atoms with E-state index >= 15 is 0 Å². The second-order valence-electron chi connectivity index (χ2n) is 11.3. The molecule has 3 amide bonds. The number of imide groups is 1. The van der Waals surface area contributed by atoms with Crippen LogP contribution in [-0.4, -0.2) is 33.8 Å². The van der Waals surface area contributed by atoms with E-state index in [2.05, 4.69) is 20.0 Å². The summed E-state index contributed by atoms with van der Waals surface area (Å²) >= 11 is 0. The molecule has 2 atom stereocenters. The molecule has 0 aliphatic carbocycles. The summed E-state index contributed by atoms with van der Waals surface area (Å²) in [7, 11) is 0. The van der Waals surface area contributed by atoms with Crippen molar-refractivity contribution in [1.29, 1.82) is 0 Å². The summed E-state index contributed by atoms with van der Waals surface area (Å²) < 4.78 is 42.3. The van der Waals surface area contributed by atoms with Crippen molar-refractivity contribution < 1.29 is 27.5 Å². The SMILES string of the molecule is Cc1ccc2nccc(C(C)C3(C(C)c4ccnc5ccc(C)cc45)NC(=O)N(c4ccc(OC(F)(F)F)cc4)C3=O)c2c1. The van der Waals surface area contributed by atoms with E-state index in [9.17, 15) is 22.8 Å². The van der Waals surface area contributed by atoms with Gasteiger partial charge >= 0.3 is 12.4 Å². The lowest BCUT2D eigenvalue weighted by atomic mass is 9.68. The highest BCUT2D eigenvalue weighted by atomic mass is 19.4. The molecular weight excluding hydrogens is 569 g/mol. The Morgan fingerprint density at radius 1 is 0.773 bits per heavy atom. The Morgan fingerprint density at radius 3 is 1.75 bits per heavy atom. The quantitative estimate of drug-likeness (QED) is 0.203. The molecule has 1 N–H and O–H groups in total. The number of nitrogens with one attached hydrogen (secondary N) is 1. The molecule has 1 aliphatic heterocycles. The van der Waals surface area contributed by atoms with Crippen LogP contribution in [0.4, 0.5) is 23.7 Å². The van der Waals surface area contributed by atoms with Crippen molar-refractivity contribution in [1.82, 2.24) is 15.3 Å². The van der Waals surface area contributed by atoms with E-state index in [1.807, 2.05) is 76.2 Å². The first-order valence-electron chi connectivity index (χ1n) is 14.1. The molecular formula is C34H29F3N4O3. The molecule has 1 fully saturated rings. The Hall–Kier alpha value is -4.99. The van der Waals surface area contributed by atoms with Crippen LogP contribution in [0.5, 0.6) is 5.75 Å². The monoisotopic (exact) mass is 598 g/mol. The molecule has 0 spiro atoms. The average molecular weight is 599 g/mol. The Kier molecular flexibility index (Phi) is 7.02. The number of aryl methyl sites for hydroxylation is 2. The second kappa shape index (κ2) is 10.6. The van der Waals surface area contributed by atoms with Gasteiger partial charge in [-0.2, -0.15) is 0 Å². The molecule has 1 aliphatic rings. The van der Waals surface area contributed by atoms with Crippen molar-refractivity contribution in [2.24, 2.45) is 0 Å². The first-order valence-corrected chi connectivity index (χ1v) is 14.1. The lowest BCUT2D eigenvalue weighted by Crippen LogP contribution is -2.55. The summed E-state index contributed by atoms with van der Waals surface area (Å²) in [4.78, 5) is 38.6. The van der Waals surface area contributed by atoms with Gasteiger partial charge in [0.05, 0.1) is 16.7 Å². The molecule has 0 saturated carbocycles. The topological polar surface area (TPSA) is 84.4 Å². The number of urea groups is 1. The van der Waals surface area contributed by atoms with Crippen LogP contribution in [0.3, 0.4) is 0 Å². The molecule has 1 saturated heterocycles. The van der Waals surface area contributed by atoms with E-state index in [0.29, 0.717) is 0 Å². The average Bonchev–Trinajstić information content (AvgIpc) is 3.25. The summed E-state index contributed by atoms with van der Waals surface area (Å²) in [6.07, 6.45) is -1.50. The van der Waals surface area contributed by atoms with E-state index in [4.69, 9.17) is 0 Å². The molecule has 3 aromatic carbocycles. The first kappa shape index (κ1) is 29.1. The number of pyridine rings is 2. The molecule has 2 unspecified atom stereocenters. The summed E-state index contributed by atoms with van der Waals surface area (Å²) in [6, 6.07) is 19.5. The van der Waals surface area contributed by atoms with Crippen molar-refractivity contribution in [2.45, 2.75) is 51.4 Å². The number of carbonyl (C=O) groups is 2. The third kappa shape index (κ3) is 4.90. The van der Waals surface area contributed by atoms with Gasteiger partial charge in [0.1, 0.15) is 11.3 Å². The number of carbonyl (C=O) groups excluding carboxylic acids is 2. The maximum atomic E-state index is 14.8. The van der Waals surface area contributed by atoms with Crippen LogP contribution in [0.2, 0.25) is 0 Å². The molecule has 44 heavy (non-hydrogen) atoms. The van der Waals surface area contributed by atoms with E-state index < -0.39 is 41.4 Å². The third-order valence-corrected chi connectivity index (χ3v) is 8.56. The number of benzene rings is 3. The Balaban J connectivity index is 1.53. The Labute approximate surface area is 251 Å². The highest BCUT2D eigenvalue weighted by Crippen LogP contribution is 2.47. The Morgan fingerprint density at radius 2 is 1.27 bits per heavy atom. The van der Waals surface area contributed by atoms with Gasteiger partial charge < -0.3 is 10.1 Å². The van der Waals surface area contributed by atoms with Gasteiger partial charge in [0, 0.05) is 35.0 Å². The standard InChI is InChI=1S/C34H29F3N4O3/c1-19-5-11-29-27(17-19)25(13-15-38-29)21(3)33(22(4)26-14-16-39-30-12-6-20(2)18-28(26)30)31(42)41(32(43)40-33)23-7-9-24(10-8-23)44-34(35,36)37/h5-18,21-22H,1-4H3,(H,40,43). The summed E-state index contributed by atoms with van der Waals surface area (Å²) in [5.74, 6) is -2.11. The van der Waals surface area contributed by atoms with Crippen LogP contribution in [0.15, 0.2) is 85.2 Å². The number of hydrogen-bond acceptors (Lipinski definition) is 5. The minimum absolute atomic E-state index is 0.120. The van der Waals surface area contributed by atoms with Gasteiger partial charge in [-0.05, 0) is 85.6 Å². The van der Waals surface area contributed by atoms with Crippen LogP contribution < -0.4 is 15.0 Å². The van der Waals surface area contributed by atoms with E-state index in [1.165, 1.54) is 12.1 Å². The minimum atomic E-state index is -4.88. The fourth-order valence-electron chi connectivity index (χ4n) is 6.37. The molecule has 2 aromatic heterocycles. The van der Waals surface area contributed by atoms with Gasteiger partial charge in [-0.15, -0.1) is 13.2 Å². The van der Waals surface area contributed by atoms with Gasteiger partial charge in [-0.1, -0.05) is 37.1 Å². The van der Waals surface area contributed by atoms with E-state index in [1.54, 1.807) is 12.4 Å². The van der Waals surface area contributed by atoms with E-state index in [0.717, 1.165) is 61.1 Å². The number of nitrogens with zero attached hydrogens (tertiary/aromatic N) is 3. The third-order valence-electron chi connectivity index (χ3n) is 8.56. The number of aromatic nitrogens is 2. The molecule has 7 nitrogen and oxygen atoms in total. The van der Waals surface area contributed by atoms with Crippen LogP contribution in [0, 0.1) is 13.8 Å². The van der Waals surface area contributed by atoms with Crippen molar-refractivity contribution in [2.75, 3.05) is 4.90 Å². The zero-order chi connectivity index (χ0) is 31.4. The van der Waals surface area contributed by atoms with Gasteiger partial charge in [0.25, 0.3) is 5.91 Å². The summed E-state index contributed by atoms with van der Waals surface area (Å²) in [6.45, 7) is 7.76. The highest BCUT2D eigenvalue weighted by molar-refractivity contribution is 6.24. The van der Waals surface area contributed by atoms with Gasteiger partial charge in [-0.3, -0.25) is 14.8 Å². The normalized spacial score (nSPS) is 18.5. The number of amides is 3. The Bertz CT molecular complexity index is 1830. The van der Waals surface area contributed by atoms with Crippen LogP contribution >= 0.6 is 0 Å². The molecule has 3 heterocycles. The second-order valence-corrected chi connectivity index (χ2v) is 11.3. The number of alkyl halides is 3. The minimum Gasteiger partial charge on any atom is -0.406 e. The van der Waals surface area contributed by atoms with Gasteiger partial charge in [-0.25, -0.2) is 9.69 Å². The summed E-state index contributed by atoms with van der Waals surface area (Å²) in [5, 5.41) is 4.77. The number of ether oxygens (including phenoxy) is 1. The van der Waals surface area contributed by atoms with Crippen molar-refractivity contribution in [3.63, 3.8) is 0 Å². The molecule has 10 heteroatoms. The van der Waals surface area contributed by atoms with Gasteiger partial charge in [0.2, 0.25) is 0 Å². The first-order chi connectivity index (χ1) is 20.9. The molecule has 0 radical (unpaired) electrons. The van der Waals surface area contributed by atoms with Gasteiger partial charge in [0.15, 0.2) is 0 Å². The predicted molar refractivity (Wildman–Crippen MR) is 162 cm³/mol. The maximum absolute atomic E-state index is 14.8. The van der Waals surface area contributed by atoms with E-state index in [-0.39, 0.29) is 5.69 Å². The lowest BCUT2D eigenvalue weighted by Gasteiger charge is -2.39. The van der Waals surface area contributed by atoms with Crippen molar-refractivity contribution in [3.8, 4) is 5.75 Å².